The summed E-state index contributed by atoms with van der Waals surface area (Å²) < 4.78 is 10.5. The van der Waals surface area contributed by atoms with Crippen LogP contribution in [0.4, 0.5) is 0 Å². The van der Waals surface area contributed by atoms with E-state index in [1.807, 2.05) is 12.1 Å². The average Bonchev–Trinajstić information content (AvgIpc) is 2.68. The fourth-order valence-electron chi connectivity index (χ4n) is 1.57. The maximum Gasteiger partial charge on any atom is 0.197 e. The van der Waals surface area contributed by atoms with Gasteiger partial charge in [-0.1, -0.05) is 6.07 Å². The number of nitrogens with zero attached hydrogens (tertiary/aromatic N) is 1. The van der Waals surface area contributed by atoms with E-state index >= 15 is 0 Å². The number of para-hydroxylation sites is 1. The molecule has 0 aliphatic rings. The number of rotatable bonds is 4. The zero-order chi connectivity index (χ0) is 11.5. The van der Waals surface area contributed by atoms with Gasteiger partial charge in [0.2, 0.25) is 0 Å². The highest BCUT2D eigenvalue weighted by Crippen LogP contribution is 2.20. The van der Waals surface area contributed by atoms with Crippen molar-refractivity contribution in [3.8, 4) is 0 Å². The van der Waals surface area contributed by atoms with Crippen LogP contribution >= 0.6 is 0 Å². The Kier molecular flexibility index (Phi) is 3.01. The molecule has 2 aromatic rings. The molecule has 16 heavy (non-hydrogen) atoms. The van der Waals surface area contributed by atoms with Crippen molar-refractivity contribution >= 4 is 16.9 Å². The summed E-state index contributed by atoms with van der Waals surface area (Å²) in [6.45, 7) is 2.08. The summed E-state index contributed by atoms with van der Waals surface area (Å²) >= 11 is 0. The molecule has 0 saturated carbocycles. The van der Waals surface area contributed by atoms with E-state index in [9.17, 15) is 4.79 Å². The van der Waals surface area contributed by atoms with E-state index in [4.69, 9.17) is 9.15 Å². The van der Waals surface area contributed by atoms with E-state index < -0.39 is 0 Å². The van der Waals surface area contributed by atoms with Crippen molar-refractivity contribution in [1.82, 2.24) is 4.98 Å². The maximum absolute atomic E-state index is 11.4. The molecular weight excluding hydrogens is 206 g/mol. The first-order chi connectivity index (χ1) is 7.72. The first kappa shape index (κ1) is 10.8. The molecule has 1 aromatic heterocycles. The molecule has 0 aliphatic carbocycles. The summed E-state index contributed by atoms with van der Waals surface area (Å²) in [5.74, 6) is 0.589. The normalized spacial score (nSPS) is 10.9. The van der Waals surface area contributed by atoms with Gasteiger partial charge in [0.15, 0.2) is 17.3 Å². The molecule has 4 nitrogen and oxygen atoms in total. The van der Waals surface area contributed by atoms with Gasteiger partial charge < -0.3 is 9.15 Å². The molecule has 0 aliphatic heterocycles. The number of oxazole rings is 1. The standard InChI is InChI=1S/C12H13NO3/c1-8(14)9-4-3-5-10-12(9)16-11(13-10)6-7-15-2/h3-5H,6-7H2,1-2H3. The van der Waals surface area contributed by atoms with Gasteiger partial charge in [-0.25, -0.2) is 4.98 Å². The van der Waals surface area contributed by atoms with Crippen LogP contribution in [0.1, 0.15) is 23.2 Å². The van der Waals surface area contributed by atoms with Crippen molar-refractivity contribution in [2.45, 2.75) is 13.3 Å². The summed E-state index contributed by atoms with van der Waals surface area (Å²) in [5.41, 5.74) is 1.87. The van der Waals surface area contributed by atoms with Crippen molar-refractivity contribution in [3.05, 3.63) is 29.7 Å². The lowest BCUT2D eigenvalue weighted by Gasteiger charge is -1.94. The number of hydrogen-bond acceptors (Lipinski definition) is 4. The second-order valence-corrected chi connectivity index (χ2v) is 3.56. The van der Waals surface area contributed by atoms with Crippen molar-refractivity contribution < 1.29 is 13.9 Å². The molecule has 0 spiro atoms. The minimum absolute atomic E-state index is 0.0139. The zero-order valence-electron chi connectivity index (χ0n) is 9.32. The van der Waals surface area contributed by atoms with Crippen LogP contribution in [0.3, 0.4) is 0 Å². The molecule has 0 atom stereocenters. The maximum atomic E-state index is 11.4. The molecular formula is C12H13NO3. The Morgan fingerprint density at radius 3 is 3.00 bits per heavy atom. The van der Waals surface area contributed by atoms with Crippen molar-refractivity contribution in [1.29, 1.82) is 0 Å². The topological polar surface area (TPSA) is 52.3 Å². The lowest BCUT2D eigenvalue weighted by molar-refractivity contribution is 0.101. The van der Waals surface area contributed by atoms with Gasteiger partial charge in [0.05, 0.1) is 12.2 Å². The number of fused-ring (bicyclic) bond motifs is 1. The Bertz CT molecular complexity index is 516. The molecule has 0 saturated heterocycles. The molecule has 0 unspecified atom stereocenters. The number of aromatic nitrogens is 1. The predicted octanol–water partition coefficient (Wildman–Crippen LogP) is 2.22. The number of hydrogen-bond donors (Lipinski definition) is 0. The summed E-state index contributed by atoms with van der Waals surface area (Å²) in [6.07, 6.45) is 0.614. The Balaban J connectivity index is 2.44. The van der Waals surface area contributed by atoms with Gasteiger partial charge in [-0.15, -0.1) is 0 Å². The first-order valence-electron chi connectivity index (χ1n) is 5.10. The fraction of sp³-hybridized carbons (Fsp3) is 0.333. The molecule has 2 rings (SSSR count). The first-order valence-corrected chi connectivity index (χ1v) is 5.10. The monoisotopic (exact) mass is 219 g/mol. The largest absolute Gasteiger partial charge is 0.440 e. The van der Waals surface area contributed by atoms with Crippen LogP contribution in [0, 0.1) is 0 Å². The Labute approximate surface area is 93.2 Å². The molecule has 0 bridgehead atoms. The number of ether oxygens (including phenoxy) is 1. The molecule has 0 fully saturated rings. The van der Waals surface area contributed by atoms with Crippen LogP contribution in [0.2, 0.25) is 0 Å². The molecule has 0 amide bonds. The number of Topliss-reactive ketones (excluding diaryl/α,β-unsaturated/α-hetero) is 1. The lowest BCUT2D eigenvalue weighted by Crippen LogP contribution is -1.93. The van der Waals surface area contributed by atoms with Crippen LogP contribution in [0.25, 0.3) is 11.1 Å². The average molecular weight is 219 g/mol. The molecule has 0 radical (unpaired) electrons. The third-order valence-electron chi connectivity index (χ3n) is 2.36. The van der Waals surface area contributed by atoms with Crippen LogP contribution in [0.5, 0.6) is 0 Å². The highest BCUT2D eigenvalue weighted by atomic mass is 16.5. The highest BCUT2D eigenvalue weighted by Gasteiger charge is 2.12. The van der Waals surface area contributed by atoms with Crippen LogP contribution < -0.4 is 0 Å². The fourth-order valence-corrected chi connectivity index (χ4v) is 1.57. The van der Waals surface area contributed by atoms with Gasteiger partial charge in [-0.05, 0) is 19.1 Å². The van der Waals surface area contributed by atoms with Gasteiger partial charge in [-0.2, -0.15) is 0 Å². The van der Waals surface area contributed by atoms with Crippen LogP contribution in [-0.2, 0) is 11.2 Å². The molecule has 84 valence electrons. The summed E-state index contributed by atoms with van der Waals surface area (Å²) in [5, 5.41) is 0. The van der Waals surface area contributed by atoms with Crippen molar-refractivity contribution in [2.75, 3.05) is 13.7 Å². The molecule has 1 heterocycles. The van der Waals surface area contributed by atoms with Gasteiger partial charge in [0, 0.05) is 13.5 Å². The number of carbonyl (C=O) groups excluding carboxylic acids is 1. The van der Waals surface area contributed by atoms with Gasteiger partial charge >= 0.3 is 0 Å². The zero-order valence-corrected chi connectivity index (χ0v) is 9.32. The lowest BCUT2D eigenvalue weighted by atomic mass is 10.1. The molecule has 0 N–H and O–H groups in total. The number of ketones is 1. The summed E-state index contributed by atoms with van der Waals surface area (Å²) in [7, 11) is 1.63. The molecule has 1 aromatic carbocycles. The summed E-state index contributed by atoms with van der Waals surface area (Å²) in [4.78, 5) is 15.7. The third-order valence-corrected chi connectivity index (χ3v) is 2.36. The van der Waals surface area contributed by atoms with E-state index in [1.165, 1.54) is 6.92 Å². The highest BCUT2D eigenvalue weighted by molar-refractivity contribution is 6.03. The number of carbonyl (C=O) groups is 1. The number of methoxy groups -OCH3 is 1. The van der Waals surface area contributed by atoms with Crippen molar-refractivity contribution in [2.24, 2.45) is 0 Å². The van der Waals surface area contributed by atoms with Crippen LogP contribution in [-0.4, -0.2) is 24.5 Å². The second-order valence-electron chi connectivity index (χ2n) is 3.56. The second kappa shape index (κ2) is 4.45. The van der Waals surface area contributed by atoms with E-state index in [0.29, 0.717) is 30.1 Å². The van der Waals surface area contributed by atoms with Gasteiger partial charge in [0.25, 0.3) is 0 Å². The van der Waals surface area contributed by atoms with Crippen molar-refractivity contribution in [3.63, 3.8) is 0 Å². The van der Waals surface area contributed by atoms with E-state index in [0.717, 1.165) is 5.52 Å². The minimum atomic E-state index is -0.0139. The van der Waals surface area contributed by atoms with Gasteiger partial charge in [-0.3, -0.25) is 4.79 Å². The quantitative estimate of drug-likeness (QED) is 0.740. The Morgan fingerprint density at radius 1 is 1.50 bits per heavy atom. The minimum Gasteiger partial charge on any atom is -0.440 e. The smallest absolute Gasteiger partial charge is 0.197 e. The summed E-state index contributed by atoms with van der Waals surface area (Å²) in [6, 6.07) is 5.39. The Hall–Kier alpha value is -1.68. The SMILES string of the molecule is COCCc1nc2cccc(C(C)=O)c2o1. The Morgan fingerprint density at radius 2 is 2.31 bits per heavy atom. The third kappa shape index (κ3) is 1.97. The van der Waals surface area contributed by atoms with Crippen LogP contribution in [0.15, 0.2) is 22.6 Å². The van der Waals surface area contributed by atoms with Gasteiger partial charge in [0.1, 0.15) is 5.52 Å². The number of benzene rings is 1. The van der Waals surface area contributed by atoms with E-state index in [-0.39, 0.29) is 5.78 Å². The molecule has 4 heteroatoms. The predicted molar refractivity (Wildman–Crippen MR) is 59.6 cm³/mol. The van der Waals surface area contributed by atoms with E-state index in [1.54, 1.807) is 13.2 Å². The van der Waals surface area contributed by atoms with E-state index in [2.05, 4.69) is 4.98 Å².